The maximum Gasteiger partial charge on any atom is 0.320 e. The van der Waals surface area contributed by atoms with Crippen molar-refractivity contribution in [1.29, 1.82) is 0 Å². The summed E-state index contributed by atoms with van der Waals surface area (Å²) >= 11 is 0. The van der Waals surface area contributed by atoms with Crippen molar-refractivity contribution in [1.82, 2.24) is 20.0 Å². The van der Waals surface area contributed by atoms with E-state index in [1.807, 2.05) is 12.4 Å². The largest absolute Gasteiger partial charge is 0.363 e. The molecule has 7 heteroatoms. The number of nitrogens with one attached hydrogen (secondary N) is 2. The van der Waals surface area contributed by atoms with Gasteiger partial charge < -0.3 is 14.4 Å². The van der Waals surface area contributed by atoms with Crippen LogP contribution in [-0.4, -0.2) is 27.3 Å². The van der Waals surface area contributed by atoms with Gasteiger partial charge in [0.25, 0.3) is 0 Å². The number of nitrogens with zero attached hydrogens (tertiary/aromatic N) is 3. The van der Waals surface area contributed by atoms with Crippen molar-refractivity contribution in [3.8, 4) is 0 Å². The molecule has 19 heavy (non-hydrogen) atoms. The fourth-order valence-electron chi connectivity index (χ4n) is 2.26. The van der Waals surface area contributed by atoms with Crippen LogP contribution in [-0.2, 0) is 13.0 Å². The molecule has 7 nitrogen and oxygen atoms in total. The molecular weight excluding hydrogens is 246 g/mol. The van der Waals surface area contributed by atoms with Gasteiger partial charge in [-0.25, -0.2) is 9.78 Å². The minimum absolute atomic E-state index is 0.261. The fraction of sp³-hybridized carbons (Fsp3) is 0.417. The van der Waals surface area contributed by atoms with Gasteiger partial charge in [0.1, 0.15) is 12.1 Å². The van der Waals surface area contributed by atoms with E-state index >= 15 is 0 Å². The van der Waals surface area contributed by atoms with Crippen LogP contribution in [0.15, 0.2) is 29.2 Å². The minimum Gasteiger partial charge on any atom is -0.363 e. The Kier molecular flexibility index (Phi) is 3.18. The number of carbonyl (C=O) groups is 1. The number of hydrogen-bond acceptors (Lipinski definition) is 4. The van der Waals surface area contributed by atoms with E-state index in [9.17, 15) is 4.79 Å². The van der Waals surface area contributed by atoms with Crippen LogP contribution in [0.3, 0.4) is 0 Å². The lowest BCUT2D eigenvalue weighted by Crippen LogP contribution is -2.35. The number of rotatable bonds is 3. The highest BCUT2D eigenvalue weighted by Gasteiger charge is 2.19. The van der Waals surface area contributed by atoms with Crippen LogP contribution in [0.5, 0.6) is 0 Å². The Morgan fingerprint density at radius 3 is 3.37 bits per heavy atom. The molecule has 1 atom stereocenters. The molecule has 1 aliphatic rings. The molecule has 0 bridgehead atoms. The maximum absolute atomic E-state index is 11.6. The number of urea groups is 1. The molecule has 0 saturated carbocycles. The Hall–Kier alpha value is -2.31. The monoisotopic (exact) mass is 261 g/mol. The third-order valence-corrected chi connectivity index (χ3v) is 3.28. The summed E-state index contributed by atoms with van der Waals surface area (Å²) in [7, 11) is 0. The highest BCUT2D eigenvalue weighted by molar-refractivity contribution is 5.87. The van der Waals surface area contributed by atoms with Gasteiger partial charge in [0.15, 0.2) is 5.82 Å². The molecule has 2 amide bonds. The topological polar surface area (TPSA) is 85.0 Å². The Balaban J connectivity index is 1.47. The number of amides is 2. The lowest BCUT2D eigenvalue weighted by Gasteiger charge is -2.23. The van der Waals surface area contributed by atoms with Crippen LogP contribution in [0, 0.1) is 5.92 Å². The van der Waals surface area contributed by atoms with Crippen molar-refractivity contribution < 1.29 is 9.32 Å². The smallest absolute Gasteiger partial charge is 0.320 e. The quantitative estimate of drug-likeness (QED) is 0.871. The van der Waals surface area contributed by atoms with Crippen LogP contribution in [0.2, 0.25) is 0 Å². The SMILES string of the molecule is O=C(NCC1CCn2ccnc2C1)Nc1ccon1. The van der Waals surface area contributed by atoms with Crippen LogP contribution >= 0.6 is 0 Å². The molecule has 0 aromatic carbocycles. The Morgan fingerprint density at radius 2 is 2.53 bits per heavy atom. The van der Waals surface area contributed by atoms with Gasteiger partial charge in [0.2, 0.25) is 0 Å². The molecular formula is C12H15N5O2. The second-order valence-corrected chi connectivity index (χ2v) is 4.62. The van der Waals surface area contributed by atoms with Gasteiger partial charge in [0, 0.05) is 38.0 Å². The number of carbonyl (C=O) groups excluding carboxylic acids is 1. The normalized spacial score (nSPS) is 17.8. The number of aryl methyl sites for hydroxylation is 1. The van der Waals surface area contributed by atoms with E-state index in [4.69, 9.17) is 0 Å². The van der Waals surface area contributed by atoms with E-state index < -0.39 is 0 Å². The third kappa shape index (κ3) is 2.75. The van der Waals surface area contributed by atoms with Crippen molar-refractivity contribution in [3.63, 3.8) is 0 Å². The number of fused-ring (bicyclic) bond motifs is 1. The van der Waals surface area contributed by atoms with Crippen LogP contribution in [0.25, 0.3) is 0 Å². The molecule has 100 valence electrons. The van der Waals surface area contributed by atoms with Crippen LogP contribution < -0.4 is 10.6 Å². The van der Waals surface area contributed by atoms with Crippen molar-refractivity contribution in [3.05, 3.63) is 30.5 Å². The Labute approximate surface area is 110 Å². The zero-order valence-corrected chi connectivity index (χ0v) is 10.4. The molecule has 0 fully saturated rings. The van der Waals surface area contributed by atoms with Gasteiger partial charge in [0.05, 0.1) is 0 Å². The van der Waals surface area contributed by atoms with Crippen molar-refractivity contribution in [2.75, 3.05) is 11.9 Å². The highest BCUT2D eigenvalue weighted by atomic mass is 16.5. The van der Waals surface area contributed by atoms with Gasteiger partial charge in [-0.3, -0.25) is 5.32 Å². The van der Waals surface area contributed by atoms with Crippen molar-refractivity contribution in [2.45, 2.75) is 19.4 Å². The van der Waals surface area contributed by atoms with E-state index in [0.717, 1.165) is 25.2 Å². The summed E-state index contributed by atoms with van der Waals surface area (Å²) in [5.74, 6) is 1.93. The molecule has 0 radical (unpaired) electrons. The average Bonchev–Trinajstić information content (AvgIpc) is 3.06. The summed E-state index contributed by atoms with van der Waals surface area (Å²) in [6, 6.07) is 1.33. The zero-order valence-electron chi connectivity index (χ0n) is 10.4. The molecule has 2 aromatic heterocycles. The summed E-state index contributed by atoms with van der Waals surface area (Å²) in [5, 5.41) is 9.06. The van der Waals surface area contributed by atoms with Gasteiger partial charge in [-0.05, 0) is 12.3 Å². The Bertz CT molecular complexity index is 548. The van der Waals surface area contributed by atoms with Crippen LogP contribution in [0.1, 0.15) is 12.2 Å². The van der Waals surface area contributed by atoms with E-state index in [2.05, 4.69) is 29.9 Å². The molecule has 2 aromatic rings. The van der Waals surface area contributed by atoms with Crippen molar-refractivity contribution >= 4 is 11.8 Å². The number of aromatic nitrogens is 3. The highest BCUT2D eigenvalue weighted by Crippen LogP contribution is 2.18. The number of hydrogen-bond donors (Lipinski definition) is 2. The predicted octanol–water partition coefficient (Wildman–Crippen LogP) is 1.26. The maximum atomic E-state index is 11.6. The second kappa shape index (κ2) is 5.13. The number of anilines is 1. The fourth-order valence-corrected chi connectivity index (χ4v) is 2.26. The lowest BCUT2D eigenvalue weighted by atomic mass is 9.98. The summed E-state index contributed by atoms with van der Waals surface area (Å²) < 4.78 is 6.80. The summed E-state index contributed by atoms with van der Waals surface area (Å²) in [4.78, 5) is 15.9. The predicted molar refractivity (Wildman–Crippen MR) is 67.6 cm³/mol. The van der Waals surface area contributed by atoms with Crippen LogP contribution in [0.4, 0.5) is 10.6 Å². The summed E-state index contributed by atoms with van der Waals surface area (Å²) in [6.45, 7) is 1.60. The van der Waals surface area contributed by atoms with E-state index in [-0.39, 0.29) is 6.03 Å². The average molecular weight is 261 g/mol. The minimum atomic E-state index is -0.261. The van der Waals surface area contributed by atoms with E-state index in [1.165, 1.54) is 6.26 Å². The molecule has 1 unspecified atom stereocenters. The van der Waals surface area contributed by atoms with Gasteiger partial charge in [-0.2, -0.15) is 0 Å². The first-order chi connectivity index (χ1) is 9.31. The van der Waals surface area contributed by atoms with Crippen molar-refractivity contribution in [2.24, 2.45) is 5.92 Å². The van der Waals surface area contributed by atoms with E-state index in [0.29, 0.717) is 18.3 Å². The first-order valence-electron chi connectivity index (χ1n) is 6.26. The summed E-state index contributed by atoms with van der Waals surface area (Å²) in [5.41, 5.74) is 0. The molecule has 3 heterocycles. The molecule has 0 spiro atoms. The second-order valence-electron chi connectivity index (χ2n) is 4.62. The standard InChI is InChI=1S/C12H15N5O2/c18-12(15-10-2-6-19-16-10)14-8-9-1-4-17-5-3-13-11(17)7-9/h2-3,5-6,9H,1,4,7-8H2,(H2,14,15,16,18). The molecule has 0 saturated heterocycles. The van der Waals surface area contributed by atoms with Gasteiger partial charge in [-0.15, -0.1) is 0 Å². The lowest BCUT2D eigenvalue weighted by molar-refractivity contribution is 0.248. The molecule has 0 aliphatic carbocycles. The Morgan fingerprint density at radius 1 is 1.58 bits per heavy atom. The molecule has 1 aliphatic heterocycles. The molecule has 2 N–H and O–H groups in total. The van der Waals surface area contributed by atoms with E-state index in [1.54, 1.807) is 6.07 Å². The molecule has 3 rings (SSSR count). The number of imidazole rings is 1. The summed E-state index contributed by atoms with van der Waals surface area (Å²) in [6.07, 6.45) is 7.18. The first-order valence-corrected chi connectivity index (χ1v) is 6.26. The third-order valence-electron chi connectivity index (χ3n) is 3.28. The first kappa shape index (κ1) is 11.8. The van der Waals surface area contributed by atoms with Gasteiger partial charge >= 0.3 is 6.03 Å². The zero-order chi connectivity index (χ0) is 13.1. The van der Waals surface area contributed by atoms with Gasteiger partial charge in [-0.1, -0.05) is 5.16 Å².